The van der Waals surface area contributed by atoms with Gasteiger partial charge < -0.3 is 15.7 Å². The first-order chi connectivity index (χ1) is 10.0. The van der Waals surface area contributed by atoms with Gasteiger partial charge in [0, 0.05) is 18.8 Å². The third kappa shape index (κ3) is 2.48. The van der Waals surface area contributed by atoms with Gasteiger partial charge >= 0.3 is 5.97 Å². The van der Waals surface area contributed by atoms with Crippen LogP contribution in [0.2, 0.25) is 0 Å². The number of carbonyl (C=O) groups excluding carboxylic acids is 1. The van der Waals surface area contributed by atoms with Crippen LogP contribution < -0.4 is 5.73 Å². The van der Waals surface area contributed by atoms with Crippen LogP contribution in [0.25, 0.3) is 0 Å². The lowest BCUT2D eigenvalue weighted by Gasteiger charge is -2.33. The van der Waals surface area contributed by atoms with E-state index >= 15 is 0 Å². The second-order valence-electron chi connectivity index (χ2n) is 6.13. The molecular weight excluding hydrogens is 268 g/mol. The van der Waals surface area contributed by atoms with E-state index in [-0.39, 0.29) is 5.91 Å². The van der Waals surface area contributed by atoms with Crippen molar-refractivity contribution in [3.8, 4) is 0 Å². The van der Waals surface area contributed by atoms with Crippen molar-refractivity contribution in [2.24, 2.45) is 5.92 Å². The molecule has 0 radical (unpaired) electrons. The highest BCUT2D eigenvalue weighted by molar-refractivity contribution is 5.91. The van der Waals surface area contributed by atoms with Crippen molar-refractivity contribution in [3.63, 3.8) is 0 Å². The predicted octanol–water partition coefficient (Wildman–Crippen LogP) is 1.62. The van der Waals surface area contributed by atoms with E-state index in [2.05, 4.69) is 0 Å². The molecule has 1 atom stereocenters. The standard InChI is InChI=1S/C16H20N2O3/c17-13-5-3-12(4-6-13)16(7-8-16)15(21)18-9-1-2-11(10-18)14(19)20/h3-6,11H,1-2,7-10,17H2,(H,19,20)/t11-/m1/s1. The SMILES string of the molecule is Nc1ccc(C2(C(=O)N3CCC[C@@H](C(=O)O)C3)CC2)cc1. The molecule has 0 unspecified atom stereocenters. The smallest absolute Gasteiger partial charge is 0.308 e. The highest BCUT2D eigenvalue weighted by Crippen LogP contribution is 2.50. The number of benzene rings is 1. The number of anilines is 1. The van der Waals surface area contributed by atoms with Gasteiger partial charge in [-0.2, -0.15) is 0 Å². The number of carboxylic acid groups (broad SMARTS) is 1. The topological polar surface area (TPSA) is 83.6 Å². The summed E-state index contributed by atoms with van der Waals surface area (Å²) in [5.41, 5.74) is 6.95. The number of likely N-dealkylation sites (tertiary alicyclic amines) is 1. The molecule has 0 spiro atoms. The maximum Gasteiger partial charge on any atom is 0.308 e. The summed E-state index contributed by atoms with van der Waals surface area (Å²) in [6.07, 6.45) is 3.10. The summed E-state index contributed by atoms with van der Waals surface area (Å²) in [4.78, 5) is 25.7. The zero-order valence-electron chi connectivity index (χ0n) is 11.9. The molecule has 3 N–H and O–H groups in total. The van der Waals surface area contributed by atoms with E-state index in [9.17, 15) is 9.59 Å². The van der Waals surface area contributed by atoms with Crippen LogP contribution in [0.5, 0.6) is 0 Å². The minimum atomic E-state index is -0.801. The third-order valence-electron chi connectivity index (χ3n) is 4.68. The van der Waals surface area contributed by atoms with E-state index in [0.717, 1.165) is 24.8 Å². The number of carbonyl (C=O) groups is 2. The van der Waals surface area contributed by atoms with E-state index in [0.29, 0.717) is 25.2 Å². The van der Waals surface area contributed by atoms with Gasteiger partial charge in [-0.25, -0.2) is 0 Å². The summed E-state index contributed by atoms with van der Waals surface area (Å²) in [6.45, 7) is 1.00. The lowest BCUT2D eigenvalue weighted by Crippen LogP contribution is -2.46. The maximum absolute atomic E-state index is 12.8. The quantitative estimate of drug-likeness (QED) is 0.828. The van der Waals surface area contributed by atoms with Crippen LogP contribution in [0, 0.1) is 5.92 Å². The van der Waals surface area contributed by atoms with E-state index in [1.807, 2.05) is 24.3 Å². The van der Waals surface area contributed by atoms with Crippen LogP contribution in [-0.2, 0) is 15.0 Å². The summed E-state index contributed by atoms with van der Waals surface area (Å²) in [5.74, 6) is -1.15. The molecule has 21 heavy (non-hydrogen) atoms. The predicted molar refractivity (Wildman–Crippen MR) is 78.7 cm³/mol. The number of hydrogen-bond acceptors (Lipinski definition) is 3. The van der Waals surface area contributed by atoms with Crippen molar-refractivity contribution < 1.29 is 14.7 Å². The molecule has 1 saturated heterocycles. The molecule has 3 rings (SSSR count). The maximum atomic E-state index is 12.8. The molecule has 112 valence electrons. The van der Waals surface area contributed by atoms with E-state index < -0.39 is 17.3 Å². The van der Waals surface area contributed by atoms with Gasteiger partial charge in [0.1, 0.15) is 0 Å². The average molecular weight is 288 g/mol. The monoisotopic (exact) mass is 288 g/mol. The van der Waals surface area contributed by atoms with Crippen LogP contribution in [0.15, 0.2) is 24.3 Å². The molecule has 5 heteroatoms. The summed E-state index contributed by atoms with van der Waals surface area (Å²) in [6, 6.07) is 7.47. The molecule has 0 bridgehead atoms. The molecule has 1 aromatic carbocycles. The number of nitrogens with zero attached hydrogens (tertiary/aromatic N) is 1. The molecule has 1 saturated carbocycles. The molecule has 1 amide bonds. The van der Waals surface area contributed by atoms with Crippen LogP contribution in [0.1, 0.15) is 31.2 Å². The van der Waals surface area contributed by atoms with Gasteiger partial charge in [0.15, 0.2) is 0 Å². The molecule has 1 heterocycles. The van der Waals surface area contributed by atoms with Gasteiger partial charge in [0.2, 0.25) is 5.91 Å². The van der Waals surface area contributed by atoms with E-state index in [1.165, 1.54) is 0 Å². The minimum absolute atomic E-state index is 0.0817. The zero-order valence-corrected chi connectivity index (χ0v) is 11.9. The van der Waals surface area contributed by atoms with E-state index in [1.54, 1.807) is 4.90 Å². The van der Waals surface area contributed by atoms with Gasteiger partial charge in [-0.05, 0) is 43.4 Å². The second kappa shape index (κ2) is 5.06. The average Bonchev–Trinajstić information content (AvgIpc) is 3.29. The fraction of sp³-hybridized carbons (Fsp3) is 0.500. The Morgan fingerprint density at radius 2 is 1.90 bits per heavy atom. The van der Waals surface area contributed by atoms with Gasteiger partial charge in [0.05, 0.1) is 11.3 Å². The fourth-order valence-electron chi connectivity index (χ4n) is 3.22. The Morgan fingerprint density at radius 1 is 1.24 bits per heavy atom. The summed E-state index contributed by atoms with van der Waals surface area (Å²) in [5, 5.41) is 9.15. The summed E-state index contributed by atoms with van der Waals surface area (Å²) in [7, 11) is 0. The molecule has 5 nitrogen and oxygen atoms in total. The van der Waals surface area contributed by atoms with Gasteiger partial charge in [-0.1, -0.05) is 12.1 Å². The number of hydrogen-bond donors (Lipinski definition) is 2. The van der Waals surface area contributed by atoms with Crippen molar-refractivity contribution in [2.75, 3.05) is 18.8 Å². The third-order valence-corrected chi connectivity index (χ3v) is 4.68. The van der Waals surface area contributed by atoms with Gasteiger partial charge in [-0.3, -0.25) is 9.59 Å². The van der Waals surface area contributed by atoms with Crippen LogP contribution in [-0.4, -0.2) is 35.0 Å². The Hall–Kier alpha value is -2.04. The summed E-state index contributed by atoms with van der Waals surface area (Å²) < 4.78 is 0. The van der Waals surface area contributed by atoms with Crippen molar-refractivity contribution in [1.29, 1.82) is 0 Å². The minimum Gasteiger partial charge on any atom is -0.481 e. The Kier molecular flexibility index (Phi) is 3.35. The summed E-state index contributed by atoms with van der Waals surface area (Å²) >= 11 is 0. The number of amides is 1. The molecule has 1 aliphatic carbocycles. The van der Waals surface area contributed by atoms with Gasteiger partial charge in [0.25, 0.3) is 0 Å². The van der Waals surface area contributed by atoms with Crippen molar-refractivity contribution >= 4 is 17.6 Å². The van der Waals surface area contributed by atoms with Crippen LogP contribution in [0.4, 0.5) is 5.69 Å². The Labute approximate surface area is 123 Å². The fourth-order valence-corrected chi connectivity index (χ4v) is 3.22. The first kappa shape index (κ1) is 13.9. The van der Waals surface area contributed by atoms with Crippen molar-refractivity contribution in [2.45, 2.75) is 31.1 Å². The molecule has 1 aliphatic heterocycles. The highest BCUT2D eigenvalue weighted by atomic mass is 16.4. The number of piperidine rings is 1. The first-order valence-electron chi connectivity index (χ1n) is 7.41. The van der Waals surface area contributed by atoms with Gasteiger partial charge in [-0.15, -0.1) is 0 Å². The number of nitrogen functional groups attached to an aromatic ring is 1. The Bertz CT molecular complexity index is 563. The number of aliphatic carboxylic acids is 1. The Balaban J connectivity index is 1.78. The molecule has 2 fully saturated rings. The molecule has 2 aliphatic rings. The molecular formula is C16H20N2O3. The molecule has 1 aromatic rings. The molecule has 0 aromatic heterocycles. The van der Waals surface area contributed by atoms with Crippen molar-refractivity contribution in [1.82, 2.24) is 4.90 Å². The van der Waals surface area contributed by atoms with Crippen molar-refractivity contribution in [3.05, 3.63) is 29.8 Å². The first-order valence-corrected chi connectivity index (χ1v) is 7.41. The Morgan fingerprint density at radius 3 is 2.48 bits per heavy atom. The second-order valence-corrected chi connectivity index (χ2v) is 6.13. The van der Waals surface area contributed by atoms with E-state index in [4.69, 9.17) is 10.8 Å². The normalized spacial score (nSPS) is 23.6. The number of rotatable bonds is 3. The lowest BCUT2D eigenvalue weighted by molar-refractivity contribution is -0.146. The zero-order chi connectivity index (χ0) is 15.0. The highest BCUT2D eigenvalue weighted by Gasteiger charge is 2.53. The number of carboxylic acids is 1. The number of nitrogens with two attached hydrogens (primary N) is 1. The largest absolute Gasteiger partial charge is 0.481 e. The van der Waals surface area contributed by atoms with Crippen LogP contribution >= 0.6 is 0 Å². The lowest BCUT2D eigenvalue weighted by atomic mass is 9.91. The van der Waals surface area contributed by atoms with Crippen LogP contribution in [0.3, 0.4) is 0 Å².